The summed E-state index contributed by atoms with van der Waals surface area (Å²) in [5, 5.41) is 2.74. The van der Waals surface area contributed by atoms with Crippen LogP contribution in [-0.4, -0.2) is 25.7 Å². The van der Waals surface area contributed by atoms with Gasteiger partial charge in [0.1, 0.15) is 0 Å². The normalized spacial score (nSPS) is 9.31. The van der Waals surface area contributed by atoms with Gasteiger partial charge in [-0.2, -0.15) is 0 Å². The molecule has 90 valence electrons. The third-order valence-corrected chi connectivity index (χ3v) is 1.88. The molecule has 0 bridgehead atoms. The number of hydrogen-bond acceptors (Lipinski definition) is 3. The first kappa shape index (κ1) is 14.7. The monoisotopic (exact) mass is 244 g/mol. The van der Waals surface area contributed by atoms with Crippen molar-refractivity contribution in [3.8, 4) is 0 Å². The van der Waals surface area contributed by atoms with Crippen LogP contribution in [0.2, 0.25) is 0 Å². The Morgan fingerprint density at radius 2 is 2.25 bits per heavy atom. The van der Waals surface area contributed by atoms with E-state index < -0.39 is 0 Å². The van der Waals surface area contributed by atoms with E-state index in [2.05, 4.69) is 5.32 Å². The van der Waals surface area contributed by atoms with Crippen LogP contribution in [-0.2, 0) is 4.74 Å². The Labute approximate surface area is 102 Å². The van der Waals surface area contributed by atoms with E-state index in [4.69, 9.17) is 10.5 Å². The Morgan fingerprint density at radius 1 is 1.50 bits per heavy atom. The van der Waals surface area contributed by atoms with Crippen LogP contribution >= 0.6 is 12.4 Å². The first-order valence-electron chi connectivity index (χ1n) is 4.95. The number of ether oxygens (including phenoxy) is 1. The number of amides is 1. The van der Waals surface area contributed by atoms with Gasteiger partial charge in [-0.05, 0) is 25.1 Å². The summed E-state index contributed by atoms with van der Waals surface area (Å²) in [6, 6.07) is 6.88. The van der Waals surface area contributed by atoms with Gasteiger partial charge in [-0.3, -0.25) is 4.79 Å². The number of benzene rings is 1. The highest BCUT2D eigenvalue weighted by Gasteiger charge is 2.03. The Balaban J connectivity index is 0.00000225. The minimum atomic E-state index is -0.123. The molecule has 0 aliphatic carbocycles. The van der Waals surface area contributed by atoms with Gasteiger partial charge in [-0.1, -0.05) is 6.07 Å². The van der Waals surface area contributed by atoms with Crippen LogP contribution < -0.4 is 11.1 Å². The van der Waals surface area contributed by atoms with Gasteiger partial charge < -0.3 is 15.8 Å². The Bertz CT molecular complexity index is 332. The lowest BCUT2D eigenvalue weighted by atomic mass is 10.2. The number of nitrogens with one attached hydrogen (secondary N) is 1. The molecule has 1 rings (SSSR count). The maximum atomic E-state index is 11.5. The van der Waals surface area contributed by atoms with Crippen LogP contribution in [0.4, 0.5) is 5.69 Å². The standard InChI is InChI=1S/C11H16N2O2.ClH/c1-2-15-7-6-13-11(14)9-4-3-5-10(12)8-9;/h3-5,8H,2,6-7,12H2,1H3,(H,13,14);1H. The third-order valence-electron chi connectivity index (χ3n) is 1.88. The minimum absolute atomic E-state index is 0. The lowest BCUT2D eigenvalue weighted by Gasteiger charge is -2.05. The van der Waals surface area contributed by atoms with Crippen LogP contribution in [0.1, 0.15) is 17.3 Å². The van der Waals surface area contributed by atoms with Gasteiger partial charge in [0.25, 0.3) is 5.91 Å². The number of anilines is 1. The SMILES string of the molecule is CCOCCNC(=O)c1cccc(N)c1.Cl. The summed E-state index contributed by atoms with van der Waals surface area (Å²) >= 11 is 0. The molecule has 5 heteroatoms. The summed E-state index contributed by atoms with van der Waals surface area (Å²) in [6.45, 7) is 3.62. The second kappa shape index (κ2) is 7.96. The Kier molecular flexibility index (Phi) is 7.33. The van der Waals surface area contributed by atoms with Crippen molar-refractivity contribution in [2.45, 2.75) is 6.92 Å². The second-order valence-electron chi connectivity index (χ2n) is 3.08. The van der Waals surface area contributed by atoms with Crippen LogP contribution in [0.3, 0.4) is 0 Å². The van der Waals surface area contributed by atoms with Crippen molar-refractivity contribution in [1.29, 1.82) is 0 Å². The number of halogens is 1. The lowest BCUT2D eigenvalue weighted by Crippen LogP contribution is -2.27. The molecule has 1 amide bonds. The third kappa shape index (κ3) is 5.00. The van der Waals surface area contributed by atoms with Gasteiger partial charge in [0, 0.05) is 24.4 Å². The van der Waals surface area contributed by atoms with E-state index in [0.29, 0.717) is 31.0 Å². The molecule has 0 saturated carbocycles. The molecule has 0 aliphatic rings. The van der Waals surface area contributed by atoms with E-state index in [1.165, 1.54) is 0 Å². The molecule has 0 saturated heterocycles. The van der Waals surface area contributed by atoms with Crippen LogP contribution in [0.15, 0.2) is 24.3 Å². The van der Waals surface area contributed by atoms with Crippen LogP contribution in [0.25, 0.3) is 0 Å². The molecule has 0 unspecified atom stereocenters. The summed E-state index contributed by atoms with van der Waals surface area (Å²) in [6.07, 6.45) is 0. The van der Waals surface area contributed by atoms with E-state index in [1.807, 2.05) is 6.92 Å². The number of carbonyl (C=O) groups excluding carboxylic acids is 1. The molecular weight excluding hydrogens is 228 g/mol. The maximum absolute atomic E-state index is 11.5. The highest BCUT2D eigenvalue weighted by Crippen LogP contribution is 2.05. The molecule has 0 aliphatic heterocycles. The zero-order chi connectivity index (χ0) is 11.1. The minimum Gasteiger partial charge on any atom is -0.399 e. The summed E-state index contributed by atoms with van der Waals surface area (Å²) < 4.78 is 5.10. The van der Waals surface area contributed by atoms with E-state index >= 15 is 0 Å². The van der Waals surface area contributed by atoms with Crippen molar-refractivity contribution >= 4 is 24.0 Å². The predicted molar refractivity (Wildman–Crippen MR) is 66.9 cm³/mol. The quantitative estimate of drug-likeness (QED) is 0.609. The van der Waals surface area contributed by atoms with Crippen molar-refractivity contribution in [2.75, 3.05) is 25.5 Å². The molecule has 0 heterocycles. The Morgan fingerprint density at radius 3 is 2.88 bits per heavy atom. The van der Waals surface area contributed by atoms with Gasteiger partial charge in [0.2, 0.25) is 0 Å². The zero-order valence-electron chi connectivity index (χ0n) is 9.23. The molecule has 0 aromatic heterocycles. The lowest BCUT2D eigenvalue weighted by molar-refractivity contribution is 0.0922. The first-order valence-corrected chi connectivity index (χ1v) is 4.95. The van der Waals surface area contributed by atoms with Gasteiger partial charge in [0.15, 0.2) is 0 Å². The van der Waals surface area contributed by atoms with E-state index in [-0.39, 0.29) is 18.3 Å². The summed E-state index contributed by atoms with van der Waals surface area (Å²) in [5.74, 6) is -0.123. The van der Waals surface area contributed by atoms with E-state index in [9.17, 15) is 4.79 Å². The molecule has 0 radical (unpaired) electrons. The molecule has 16 heavy (non-hydrogen) atoms. The topological polar surface area (TPSA) is 64.3 Å². The average molecular weight is 245 g/mol. The van der Waals surface area contributed by atoms with Crippen molar-refractivity contribution in [3.05, 3.63) is 29.8 Å². The fourth-order valence-corrected chi connectivity index (χ4v) is 1.16. The molecule has 1 aromatic carbocycles. The van der Waals surface area contributed by atoms with Crippen LogP contribution in [0.5, 0.6) is 0 Å². The Hall–Kier alpha value is -1.26. The van der Waals surface area contributed by atoms with Gasteiger partial charge in [-0.25, -0.2) is 0 Å². The fourth-order valence-electron chi connectivity index (χ4n) is 1.16. The number of nitrogens with two attached hydrogens (primary N) is 1. The molecule has 1 aromatic rings. The zero-order valence-corrected chi connectivity index (χ0v) is 10.0. The summed E-state index contributed by atoms with van der Waals surface area (Å²) in [5.41, 5.74) is 6.73. The van der Waals surface area contributed by atoms with Gasteiger partial charge in [-0.15, -0.1) is 12.4 Å². The van der Waals surface area contributed by atoms with Gasteiger partial charge >= 0.3 is 0 Å². The molecule has 3 N–H and O–H groups in total. The van der Waals surface area contributed by atoms with E-state index in [1.54, 1.807) is 24.3 Å². The molecule has 0 fully saturated rings. The fraction of sp³-hybridized carbons (Fsp3) is 0.364. The molecule has 0 atom stereocenters. The molecule has 4 nitrogen and oxygen atoms in total. The van der Waals surface area contributed by atoms with Crippen molar-refractivity contribution in [3.63, 3.8) is 0 Å². The van der Waals surface area contributed by atoms with Crippen molar-refractivity contribution in [1.82, 2.24) is 5.32 Å². The van der Waals surface area contributed by atoms with Crippen molar-refractivity contribution in [2.24, 2.45) is 0 Å². The smallest absolute Gasteiger partial charge is 0.251 e. The summed E-state index contributed by atoms with van der Waals surface area (Å²) in [4.78, 5) is 11.5. The highest BCUT2D eigenvalue weighted by atomic mass is 35.5. The average Bonchev–Trinajstić information content (AvgIpc) is 2.24. The maximum Gasteiger partial charge on any atom is 0.251 e. The van der Waals surface area contributed by atoms with Gasteiger partial charge in [0.05, 0.1) is 6.61 Å². The molecular formula is C11H17ClN2O2. The first-order chi connectivity index (χ1) is 7.24. The second-order valence-corrected chi connectivity index (χ2v) is 3.08. The number of hydrogen-bond donors (Lipinski definition) is 2. The number of carbonyl (C=O) groups is 1. The van der Waals surface area contributed by atoms with Crippen molar-refractivity contribution < 1.29 is 9.53 Å². The number of rotatable bonds is 5. The van der Waals surface area contributed by atoms with E-state index in [0.717, 1.165) is 0 Å². The largest absolute Gasteiger partial charge is 0.399 e. The highest BCUT2D eigenvalue weighted by molar-refractivity contribution is 5.94. The molecule has 0 spiro atoms. The predicted octanol–water partition coefficient (Wildman–Crippen LogP) is 1.46. The summed E-state index contributed by atoms with van der Waals surface area (Å²) in [7, 11) is 0. The number of nitrogen functional groups attached to an aromatic ring is 1. The van der Waals surface area contributed by atoms with Crippen LogP contribution in [0, 0.1) is 0 Å².